The number of hydrogen-bond donors (Lipinski definition) is 2. The molecule has 0 saturated carbocycles. The Hall–Kier alpha value is -1.33. The lowest BCUT2D eigenvalue weighted by molar-refractivity contribution is 0.0661. The van der Waals surface area contributed by atoms with Crippen LogP contribution < -0.4 is 5.32 Å². The molecule has 16 heavy (non-hydrogen) atoms. The van der Waals surface area contributed by atoms with E-state index in [1.807, 2.05) is 14.1 Å². The summed E-state index contributed by atoms with van der Waals surface area (Å²) < 4.78 is 5.10. The van der Waals surface area contributed by atoms with Crippen LogP contribution in [0.1, 0.15) is 21.9 Å². The zero-order valence-corrected chi connectivity index (χ0v) is 9.91. The number of rotatable bonds is 6. The number of nitrogens with one attached hydrogen (secondary N) is 1. The van der Waals surface area contributed by atoms with Crippen molar-refractivity contribution in [2.45, 2.75) is 13.5 Å². The third-order valence-corrected chi connectivity index (χ3v) is 2.28. The molecule has 5 nitrogen and oxygen atoms in total. The summed E-state index contributed by atoms with van der Waals surface area (Å²) in [4.78, 5) is 12.7. The number of nitrogens with zero attached hydrogens (tertiary/aromatic N) is 1. The Morgan fingerprint density at radius 1 is 1.56 bits per heavy atom. The lowest BCUT2D eigenvalue weighted by Gasteiger charge is -2.09. The molecular weight excluding hydrogens is 208 g/mol. The summed E-state index contributed by atoms with van der Waals surface area (Å²) in [5.41, 5.74) is 0.899. The fraction of sp³-hybridized carbons (Fsp3) is 0.545. The van der Waals surface area contributed by atoms with Gasteiger partial charge >= 0.3 is 5.97 Å². The van der Waals surface area contributed by atoms with Gasteiger partial charge in [-0.25, -0.2) is 4.79 Å². The van der Waals surface area contributed by atoms with E-state index >= 15 is 0 Å². The van der Waals surface area contributed by atoms with Gasteiger partial charge in [-0.3, -0.25) is 0 Å². The SMILES string of the molecule is Cc1oc(C(=O)O)cc1CNCCN(C)C. The number of hydrogen-bond acceptors (Lipinski definition) is 4. The van der Waals surface area contributed by atoms with Crippen LogP contribution in [-0.2, 0) is 6.54 Å². The summed E-state index contributed by atoms with van der Waals surface area (Å²) in [5.74, 6) is -0.362. The first kappa shape index (κ1) is 12.7. The van der Waals surface area contributed by atoms with Crippen molar-refractivity contribution in [3.63, 3.8) is 0 Å². The van der Waals surface area contributed by atoms with Gasteiger partial charge in [0.1, 0.15) is 5.76 Å². The number of carbonyl (C=O) groups is 1. The molecule has 1 heterocycles. The van der Waals surface area contributed by atoms with Gasteiger partial charge in [0.2, 0.25) is 5.76 Å². The molecule has 0 amide bonds. The fourth-order valence-electron chi connectivity index (χ4n) is 1.33. The smallest absolute Gasteiger partial charge is 0.371 e. The Morgan fingerprint density at radius 2 is 2.25 bits per heavy atom. The van der Waals surface area contributed by atoms with Crippen LogP contribution in [0.3, 0.4) is 0 Å². The normalized spacial score (nSPS) is 11.0. The van der Waals surface area contributed by atoms with Gasteiger partial charge in [-0.2, -0.15) is 0 Å². The molecule has 0 bridgehead atoms. The molecule has 5 heteroatoms. The van der Waals surface area contributed by atoms with E-state index in [-0.39, 0.29) is 5.76 Å². The summed E-state index contributed by atoms with van der Waals surface area (Å²) in [6, 6.07) is 1.57. The van der Waals surface area contributed by atoms with Crippen molar-refractivity contribution in [2.75, 3.05) is 27.2 Å². The number of carboxylic acid groups (broad SMARTS) is 1. The first-order valence-corrected chi connectivity index (χ1v) is 5.18. The second-order valence-electron chi connectivity index (χ2n) is 3.98. The lowest BCUT2D eigenvalue weighted by Crippen LogP contribution is -2.26. The highest BCUT2D eigenvalue weighted by Gasteiger charge is 2.12. The molecule has 2 N–H and O–H groups in total. The van der Waals surface area contributed by atoms with Crippen LogP contribution in [0.5, 0.6) is 0 Å². The molecule has 0 radical (unpaired) electrons. The highest BCUT2D eigenvalue weighted by atomic mass is 16.4. The monoisotopic (exact) mass is 226 g/mol. The molecule has 0 fully saturated rings. The first-order valence-electron chi connectivity index (χ1n) is 5.18. The van der Waals surface area contributed by atoms with Crippen LogP contribution in [0.25, 0.3) is 0 Å². The predicted molar refractivity (Wildman–Crippen MR) is 60.7 cm³/mol. The lowest BCUT2D eigenvalue weighted by atomic mass is 10.2. The standard InChI is InChI=1S/C11H18N2O3/c1-8-9(6-10(16-8)11(14)15)7-12-4-5-13(2)3/h6,12H,4-5,7H2,1-3H3,(H,14,15). The van der Waals surface area contributed by atoms with Gasteiger partial charge in [0, 0.05) is 25.2 Å². The minimum absolute atomic E-state index is 0.00177. The van der Waals surface area contributed by atoms with E-state index in [2.05, 4.69) is 10.2 Å². The van der Waals surface area contributed by atoms with Crippen molar-refractivity contribution in [1.29, 1.82) is 0 Å². The van der Waals surface area contributed by atoms with E-state index in [0.29, 0.717) is 12.3 Å². The number of furan rings is 1. The van der Waals surface area contributed by atoms with Crippen molar-refractivity contribution in [3.8, 4) is 0 Å². The molecule has 0 spiro atoms. The Labute approximate surface area is 95.0 Å². The maximum atomic E-state index is 10.7. The van der Waals surface area contributed by atoms with Gasteiger partial charge in [-0.15, -0.1) is 0 Å². The Balaban J connectivity index is 2.45. The summed E-state index contributed by atoms with van der Waals surface area (Å²) in [6.07, 6.45) is 0. The van der Waals surface area contributed by atoms with Gasteiger partial charge < -0.3 is 19.7 Å². The number of aryl methyl sites for hydroxylation is 1. The van der Waals surface area contributed by atoms with Gasteiger partial charge in [0.05, 0.1) is 0 Å². The van der Waals surface area contributed by atoms with Gasteiger partial charge in [-0.05, 0) is 27.1 Å². The fourth-order valence-corrected chi connectivity index (χ4v) is 1.33. The van der Waals surface area contributed by atoms with Crippen LogP contribution in [0.4, 0.5) is 0 Å². The van der Waals surface area contributed by atoms with E-state index < -0.39 is 5.97 Å². The van der Waals surface area contributed by atoms with Crippen LogP contribution in [0.15, 0.2) is 10.5 Å². The molecule has 0 aliphatic carbocycles. The van der Waals surface area contributed by atoms with Gasteiger partial charge in [0.25, 0.3) is 0 Å². The molecule has 1 rings (SSSR count). The van der Waals surface area contributed by atoms with Crippen LogP contribution in [0.2, 0.25) is 0 Å². The summed E-state index contributed by atoms with van der Waals surface area (Å²) >= 11 is 0. The number of aromatic carboxylic acids is 1. The van der Waals surface area contributed by atoms with Gasteiger partial charge in [0.15, 0.2) is 0 Å². The topological polar surface area (TPSA) is 65.7 Å². The second-order valence-corrected chi connectivity index (χ2v) is 3.98. The molecule has 0 atom stereocenters. The average molecular weight is 226 g/mol. The van der Waals surface area contributed by atoms with Crippen molar-refractivity contribution < 1.29 is 14.3 Å². The van der Waals surface area contributed by atoms with Crippen LogP contribution >= 0.6 is 0 Å². The van der Waals surface area contributed by atoms with Crippen molar-refractivity contribution in [2.24, 2.45) is 0 Å². The van der Waals surface area contributed by atoms with Crippen molar-refractivity contribution >= 4 is 5.97 Å². The molecule has 90 valence electrons. The Morgan fingerprint density at radius 3 is 2.75 bits per heavy atom. The van der Waals surface area contributed by atoms with Crippen LogP contribution in [0, 0.1) is 6.92 Å². The third kappa shape index (κ3) is 3.67. The largest absolute Gasteiger partial charge is 0.475 e. The molecule has 1 aromatic rings. The number of likely N-dealkylation sites (N-methyl/N-ethyl adjacent to an activating group) is 1. The van der Waals surface area contributed by atoms with Gasteiger partial charge in [-0.1, -0.05) is 0 Å². The Bertz CT molecular complexity index is 358. The average Bonchev–Trinajstić information content (AvgIpc) is 2.55. The van der Waals surface area contributed by atoms with E-state index in [0.717, 1.165) is 18.7 Å². The summed E-state index contributed by atoms with van der Waals surface area (Å²) in [6.45, 7) is 4.22. The maximum Gasteiger partial charge on any atom is 0.371 e. The van der Waals surface area contributed by atoms with Crippen molar-refractivity contribution in [3.05, 3.63) is 23.2 Å². The third-order valence-electron chi connectivity index (χ3n) is 2.28. The van der Waals surface area contributed by atoms with Crippen LogP contribution in [-0.4, -0.2) is 43.2 Å². The van der Waals surface area contributed by atoms with E-state index in [1.165, 1.54) is 0 Å². The maximum absolute atomic E-state index is 10.7. The van der Waals surface area contributed by atoms with E-state index in [9.17, 15) is 4.79 Å². The highest BCUT2D eigenvalue weighted by molar-refractivity contribution is 5.84. The van der Waals surface area contributed by atoms with Crippen molar-refractivity contribution in [1.82, 2.24) is 10.2 Å². The molecule has 1 aromatic heterocycles. The molecule has 0 aliphatic heterocycles. The predicted octanol–water partition coefficient (Wildman–Crippen LogP) is 0.937. The van der Waals surface area contributed by atoms with E-state index in [4.69, 9.17) is 9.52 Å². The molecule has 0 saturated heterocycles. The Kier molecular flexibility index (Phi) is 4.52. The summed E-state index contributed by atoms with van der Waals surface area (Å²) in [5, 5.41) is 12.0. The van der Waals surface area contributed by atoms with E-state index in [1.54, 1.807) is 13.0 Å². The minimum Gasteiger partial charge on any atom is -0.475 e. The molecule has 0 aliphatic rings. The quantitative estimate of drug-likeness (QED) is 0.707. The minimum atomic E-state index is -1.03. The second kappa shape index (κ2) is 5.67. The first-order chi connectivity index (χ1) is 7.50. The molecule has 0 unspecified atom stereocenters. The molecule has 0 aromatic carbocycles. The number of carboxylic acids is 1. The molecular formula is C11H18N2O3. The highest BCUT2D eigenvalue weighted by Crippen LogP contribution is 2.14. The zero-order chi connectivity index (χ0) is 12.1. The summed E-state index contributed by atoms with van der Waals surface area (Å²) in [7, 11) is 4.01. The zero-order valence-electron chi connectivity index (χ0n) is 9.91.